The maximum absolute atomic E-state index is 12.1. The van der Waals surface area contributed by atoms with Gasteiger partial charge in [-0.3, -0.25) is 0 Å². The van der Waals surface area contributed by atoms with E-state index in [-0.39, 0.29) is 5.75 Å². The van der Waals surface area contributed by atoms with Crippen LogP contribution < -0.4 is 5.32 Å². The predicted molar refractivity (Wildman–Crippen MR) is 77.7 cm³/mol. The molecule has 1 fully saturated rings. The third kappa shape index (κ3) is 6.70. The SMILES string of the molecule is CCCNCCCS(=O)(=O)N(C)CC1CCOCC1. The van der Waals surface area contributed by atoms with Crippen LogP contribution in [0, 0.1) is 5.92 Å². The monoisotopic (exact) mass is 292 g/mol. The van der Waals surface area contributed by atoms with Gasteiger partial charge in [-0.2, -0.15) is 0 Å². The first-order chi connectivity index (χ1) is 9.06. The van der Waals surface area contributed by atoms with E-state index in [0.29, 0.717) is 18.9 Å². The van der Waals surface area contributed by atoms with Crippen LogP contribution in [-0.4, -0.2) is 58.4 Å². The van der Waals surface area contributed by atoms with Crippen molar-refractivity contribution in [2.24, 2.45) is 5.92 Å². The molecule has 1 saturated heterocycles. The zero-order valence-corrected chi connectivity index (χ0v) is 13.0. The van der Waals surface area contributed by atoms with Crippen LogP contribution in [0.25, 0.3) is 0 Å². The van der Waals surface area contributed by atoms with Gasteiger partial charge in [0.05, 0.1) is 5.75 Å². The second kappa shape index (κ2) is 8.89. The molecule has 5 nitrogen and oxygen atoms in total. The van der Waals surface area contributed by atoms with Crippen LogP contribution in [0.3, 0.4) is 0 Å². The number of sulfonamides is 1. The van der Waals surface area contributed by atoms with Crippen LogP contribution in [0.15, 0.2) is 0 Å². The zero-order chi connectivity index (χ0) is 14.1. The molecule has 0 radical (unpaired) electrons. The van der Waals surface area contributed by atoms with Crippen molar-refractivity contribution in [1.82, 2.24) is 9.62 Å². The van der Waals surface area contributed by atoms with E-state index in [4.69, 9.17) is 4.74 Å². The Morgan fingerprint density at radius 1 is 1.26 bits per heavy atom. The standard InChI is InChI=1S/C13H28N2O3S/c1-3-7-14-8-4-11-19(16,17)15(2)12-13-5-9-18-10-6-13/h13-14H,3-12H2,1-2H3. The van der Waals surface area contributed by atoms with Gasteiger partial charge in [-0.15, -0.1) is 0 Å². The summed E-state index contributed by atoms with van der Waals surface area (Å²) < 4.78 is 31.0. The summed E-state index contributed by atoms with van der Waals surface area (Å²) in [6.07, 6.45) is 3.70. The molecule has 1 rings (SSSR count). The van der Waals surface area contributed by atoms with Crippen LogP contribution in [-0.2, 0) is 14.8 Å². The molecule has 0 bridgehead atoms. The van der Waals surface area contributed by atoms with Crippen LogP contribution in [0.2, 0.25) is 0 Å². The number of hydrogen-bond acceptors (Lipinski definition) is 4. The van der Waals surface area contributed by atoms with Gasteiger partial charge in [0.2, 0.25) is 10.0 Å². The molecule has 0 aromatic carbocycles. The quantitative estimate of drug-likeness (QED) is 0.646. The van der Waals surface area contributed by atoms with E-state index < -0.39 is 10.0 Å². The fourth-order valence-electron chi connectivity index (χ4n) is 2.24. The maximum atomic E-state index is 12.1. The third-order valence-corrected chi connectivity index (χ3v) is 5.42. The second-order valence-electron chi connectivity index (χ2n) is 5.26. The molecule has 0 unspecified atom stereocenters. The Kier molecular flexibility index (Phi) is 7.90. The first-order valence-corrected chi connectivity index (χ1v) is 8.89. The van der Waals surface area contributed by atoms with Crippen LogP contribution >= 0.6 is 0 Å². The lowest BCUT2D eigenvalue weighted by atomic mass is 10.0. The Bertz CT molecular complexity index is 327. The molecule has 0 aromatic heterocycles. The van der Waals surface area contributed by atoms with Crippen molar-refractivity contribution in [1.29, 1.82) is 0 Å². The normalized spacial score (nSPS) is 18.1. The lowest BCUT2D eigenvalue weighted by Crippen LogP contribution is -2.36. The lowest BCUT2D eigenvalue weighted by Gasteiger charge is -2.26. The topological polar surface area (TPSA) is 58.6 Å². The van der Waals surface area contributed by atoms with Gasteiger partial charge in [0.25, 0.3) is 0 Å². The van der Waals surface area contributed by atoms with Crippen LogP contribution in [0.4, 0.5) is 0 Å². The molecule has 1 heterocycles. The van der Waals surface area contributed by atoms with E-state index in [1.165, 1.54) is 4.31 Å². The highest BCUT2D eigenvalue weighted by molar-refractivity contribution is 7.89. The average Bonchev–Trinajstić information content (AvgIpc) is 2.39. The maximum Gasteiger partial charge on any atom is 0.213 e. The number of rotatable bonds is 9. The van der Waals surface area contributed by atoms with Crippen molar-refractivity contribution in [3.63, 3.8) is 0 Å². The first-order valence-electron chi connectivity index (χ1n) is 7.28. The number of nitrogens with one attached hydrogen (secondary N) is 1. The van der Waals surface area contributed by atoms with Gasteiger partial charge in [-0.25, -0.2) is 12.7 Å². The fourth-order valence-corrected chi connectivity index (χ4v) is 3.50. The minimum Gasteiger partial charge on any atom is -0.381 e. The molecule has 1 aliphatic heterocycles. The van der Waals surface area contributed by atoms with Crippen molar-refractivity contribution in [2.45, 2.75) is 32.6 Å². The summed E-state index contributed by atoms with van der Waals surface area (Å²) in [6.45, 7) is 5.99. The summed E-state index contributed by atoms with van der Waals surface area (Å²) in [7, 11) is -1.40. The number of ether oxygens (including phenoxy) is 1. The molecule has 0 amide bonds. The Hall–Kier alpha value is -0.170. The van der Waals surface area contributed by atoms with Gasteiger partial charge in [0, 0.05) is 26.8 Å². The summed E-state index contributed by atoms with van der Waals surface area (Å²) in [4.78, 5) is 0. The average molecular weight is 292 g/mol. The molecule has 1 aliphatic rings. The van der Waals surface area contributed by atoms with Crippen LogP contribution in [0.5, 0.6) is 0 Å². The Morgan fingerprint density at radius 2 is 1.95 bits per heavy atom. The van der Waals surface area contributed by atoms with Gasteiger partial charge in [-0.05, 0) is 44.7 Å². The molecule has 0 saturated carbocycles. The summed E-state index contributed by atoms with van der Waals surface area (Å²) in [5, 5.41) is 3.23. The molecule has 0 aliphatic carbocycles. The summed E-state index contributed by atoms with van der Waals surface area (Å²) in [5.41, 5.74) is 0. The van der Waals surface area contributed by atoms with Crippen LogP contribution in [0.1, 0.15) is 32.6 Å². The molecule has 6 heteroatoms. The van der Waals surface area contributed by atoms with Gasteiger partial charge in [0.1, 0.15) is 0 Å². The Balaban J connectivity index is 2.25. The van der Waals surface area contributed by atoms with Crippen molar-refractivity contribution >= 4 is 10.0 Å². The summed E-state index contributed by atoms with van der Waals surface area (Å²) >= 11 is 0. The highest BCUT2D eigenvalue weighted by Crippen LogP contribution is 2.17. The minimum atomic E-state index is -3.09. The fraction of sp³-hybridized carbons (Fsp3) is 1.00. The summed E-state index contributed by atoms with van der Waals surface area (Å²) in [5.74, 6) is 0.690. The van der Waals surface area contributed by atoms with Gasteiger partial charge >= 0.3 is 0 Å². The van der Waals surface area contributed by atoms with Crippen molar-refractivity contribution < 1.29 is 13.2 Å². The molecule has 19 heavy (non-hydrogen) atoms. The predicted octanol–water partition coefficient (Wildman–Crippen LogP) is 1.06. The third-order valence-electron chi connectivity index (χ3n) is 3.51. The van der Waals surface area contributed by atoms with E-state index in [9.17, 15) is 8.42 Å². The number of nitrogens with zero attached hydrogens (tertiary/aromatic N) is 1. The van der Waals surface area contributed by atoms with Gasteiger partial charge < -0.3 is 10.1 Å². The number of hydrogen-bond donors (Lipinski definition) is 1. The molecular formula is C13H28N2O3S. The summed E-state index contributed by atoms with van der Waals surface area (Å²) in [6, 6.07) is 0. The molecule has 0 aromatic rings. The molecule has 0 spiro atoms. The first kappa shape index (κ1) is 16.9. The second-order valence-corrected chi connectivity index (χ2v) is 7.45. The zero-order valence-electron chi connectivity index (χ0n) is 12.2. The van der Waals surface area contributed by atoms with Crippen molar-refractivity contribution in [3.8, 4) is 0 Å². The van der Waals surface area contributed by atoms with Gasteiger partial charge in [0.15, 0.2) is 0 Å². The smallest absolute Gasteiger partial charge is 0.213 e. The van der Waals surface area contributed by atoms with Gasteiger partial charge in [-0.1, -0.05) is 6.92 Å². The lowest BCUT2D eigenvalue weighted by molar-refractivity contribution is 0.0620. The Labute approximate surface area is 117 Å². The molecule has 1 N–H and O–H groups in total. The highest BCUT2D eigenvalue weighted by atomic mass is 32.2. The van der Waals surface area contributed by atoms with E-state index in [2.05, 4.69) is 12.2 Å². The molecule has 0 atom stereocenters. The molecule has 114 valence electrons. The van der Waals surface area contributed by atoms with E-state index in [1.54, 1.807) is 7.05 Å². The van der Waals surface area contributed by atoms with Crippen molar-refractivity contribution in [3.05, 3.63) is 0 Å². The van der Waals surface area contributed by atoms with E-state index in [1.807, 2.05) is 0 Å². The molecular weight excluding hydrogens is 264 g/mol. The van der Waals surface area contributed by atoms with E-state index >= 15 is 0 Å². The van der Waals surface area contributed by atoms with E-state index in [0.717, 1.165) is 45.6 Å². The highest BCUT2D eigenvalue weighted by Gasteiger charge is 2.22. The Morgan fingerprint density at radius 3 is 2.58 bits per heavy atom. The largest absolute Gasteiger partial charge is 0.381 e. The minimum absolute atomic E-state index is 0.240. The van der Waals surface area contributed by atoms with Crippen molar-refractivity contribution in [2.75, 3.05) is 45.6 Å².